The zero-order chi connectivity index (χ0) is 14.9. The molecule has 20 heavy (non-hydrogen) atoms. The largest absolute Gasteiger partial charge is 0.279 e. The van der Waals surface area contributed by atoms with Crippen molar-refractivity contribution in [3.05, 3.63) is 57.6 Å². The Hall–Kier alpha value is -1.33. The molecule has 3 nitrogen and oxygen atoms in total. The molecule has 2 rings (SSSR count). The lowest BCUT2D eigenvalue weighted by molar-refractivity contribution is 0.600. The summed E-state index contributed by atoms with van der Waals surface area (Å²) in [4.78, 5) is 0.311. The summed E-state index contributed by atoms with van der Waals surface area (Å²) in [6.45, 7) is 5.61. The molecule has 0 bridgehead atoms. The number of hydrogen-bond donors (Lipinski definition) is 1. The van der Waals surface area contributed by atoms with Crippen LogP contribution in [0.3, 0.4) is 0 Å². The first-order valence-corrected chi connectivity index (χ1v) is 8.43. The molecule has 0 aliphatic rings. The Balaban J connectivity index is 2.41. The molecule has 0 heterocycles. The minimum atomic E-state index is -3.56. The van der Waals surface area contributed by atoms with Crippen LogP contribution in [0.2, 0.25) is 0 Å². The molecule has 106 valence electrons. The lowest BCUT2D eigenvalue weighted by atomic mass is 10.2. The van der Waals surface area contributed by atoms with Crippen molar-refractivity contribution < 1.29 is 8.42 Å². The van der Waals surface area contributed by atoms with E-state index >= 15 is 0 Å². The lowest BCUT2D eigenvalue weighted by Crippen LogP contribution is -2.15. The van der Waals surface area contributed by atoms with E-state index in [1.54, 1.807) is 25.1 Å². The van der Waals surface area contributed by atoms with E-state index in [4.69, 9.17) is 0 Å². The molecule has 0 atom stereocenters. The van der Waals surface area contributed by atoms with Gasteiger partial charge in [-0.2, -0.15) is 0 Å². The van der Waals surface area contributed by atoms with Crippen molar-refractivity contribution in [1.82, 2.24) is 0 Å². The first kappa shape index (κ1) is 15.1. The molecule has 5 heteroatoms. The zero-order valence-electron chi connectivity index (χ0n) is 11.6. The van der Waals surface area contributed by atoms with Gasteiger partial charge in [-0.25, -0.2) is 8.42 Å². The van der Waals surface area contributed by atoms with Gasteiger partial charge in [0.05, 0.1) is 10.6 Å². The monoisotopic (exact) mass is 353 g/mol. The van der Waals surface area contributed by atoms with Crippen LogP contribution in [0, 0.1) is 20.8 Å². The molecule has 2 aromatic rings. The van der Waals surface area contributed by atoms with Crippen LogP contribution in [0.4, 0.5) is 5.69 Å². The Labute approximate surface area is 128 Å². The number of aryl methyl sites for hydroxylation is 3. The standard InChI is InChI=1S/C15H16BrNO2S/c1-10-4-7-15(12(3)8-10)20(18,19)17-14-6-5-13(16)9-11(14)2/h4-9,17H,1-3H3. The van der Waals surface area contributed by atoms with Crippen LogP contribution in [0.1, 0.15) is 16.7 Å². The highest BCUT2D eigenvalue weighted by atomic mass is 79.9. The molecule has 1 N–H and O–H groups in total. The second-order valence-electron chi connectivity index (χ2n) is 4.83. The number of anilines is 1. The summed E-state index contributed by atoms with van der Waals surface area (Å²) in [5, 5.41) is 0. The highest BCUT2D eigenvalue weighted by molar-refractivity contribution is 9.10. The third-order valence-corrected chi connectivity index (χ3v) is 5.07. The van der Waals surface area contributed by atoms with Gasteiger partial charge in [0, 0.05) is 4.47 Å². The van der Waals surface area contributed by atoms with Gasteiger partial charge in [0.25, 0.3) is 10.0 Å². The number of sulfonamides is 1. The van der Waals surface area contributed by atoms with E-state index in [0.717, 1.165) is 21.2 Å². The number of rotatable bonds is 3. The van der Waals surface area contributed by atoms with Crippen LogP contribution in [-0.2, 0) is 10.0 Å². The van der Waals surface area contributed by atoms with E-state index in [1.165, 1.54) is 0 Å². The van der Waals surface area contributed by atoms with Gasteiger partial charge in [-0.15, -0.1) is 0 Å². The van der Waals surface area contributed by atoms with Crippen LogP contribution >= 0.6 is 15.9 Å². The van der Waals surface area contributed by atoms with Gasteiger partial charge in [-0.1, -0.05) is 33.6 Å². The van der Waals surface area contributed by atoms with Gasteiger partial charge in [0.1, 0.15) is 0 Å². The summed E-state index contributed by atoms with van der Waals surface area (Å²) in [5.41, 5.74) is 3.24. The first-order chi connectivity index (χ1) is 9.29. The number of hydrogen-bond acceptors (Lipinski definition) is 2. The van der Waals surface area contributed by atoms with Crippen molar-refractivity contribution >= 4 is 31.6 Å². The fraction of sp³-hybridized carbons (Fsp3) is 0.200. The van der Waals surface area contributed by atoms with E-state index in [2.05, 4.69) is 20.7 Å². The SMILES string of the molecule is Cc1ccc(S(=O)(=O)Nc2ccc(Br)cc2C)c(C)c1. The fourth-order valence-electron chi connectivity index (χ4n) is 2.04. The van der Waals surface area contributed by atoms with Crippen LogP contribution in [0.15, 0.2) is 45.8 Å². The molecule has 0 saturated carbocycles. The molecule has 0 aliphatic heterocycles. The van der Waals surface area contributed by atoms with Crippen LogP contribution < -0.4 is 4.72 Å². The maximum absolute atomic E-state index is 12.4. The molecule has 0 fully saturated rings. The van der Waals surface area contributed by atoms with Crippen molar-refractivity contribution in [3.8, 4) is 0 Å². The Kier molecular flexibility index (Phi) is 4.20. The second kappa shape index (κ2) is 5.58. The van der Waals surface area contributed by atoms with Crippen molar-refractivity contribution in [2.24, 2.45) is 0 Å². The normalized spacial score (nSPS) is 11.4. The lowest BCUT2D eigenvalue weighted by Gasteiger charge is -2.13. The maximum atomic E-state index is 12.4. The third-order valence-electron chi connectivity index (χ3n) is 3.05. The summed E-state index contributed by atoms with van der Waals surface area (Å²) in [7, 11) is -3.56. The highest BCUT2D eigenvalue weighted by Crippen LogP contribution is 2.24. The molecule has 0 radical (unpaired) electrons. The highest BCUT2D eigenvalue weighted by Gasteiger charge is 2.17. The van der Waals surface area contributed by atoms with Crippen molar-refractivity contribution in [3.63, 3.8) is 0 Å². The van der Waals surface area contributed by atoms with Gasteiger partial charge in [0.15, 0.2) is 0 Å². The van der Waals surface area contributed by atoms with E-state index in [0.29, 0.717) is 10.6 Å². The summed E-state index contributed by atoms with van der Waals surface area (Å²) >= 11 is 3.36. The Morgan fingerprint density at radius 3 is 2.25 bits per heavy atom. The van der Waals surface area contributed by atoms with Gasteiger partial charge < -0.3 is 0 Å². The molecule has 0 unspecified atom stereocenters. The molecule has 0 amide bonds. The van der Waals surface area contributed by atoms with Crippen molar-refractivity contribution in [2.75, 3.05) is 4.72 Å². The van der Waals surface area contributed by atoms with E-state index < -0.39 is 10.0 Å². The minimum absolute atomic E-state index is 0.311. The second-order valence-corrected chi connectivity index (χ2v) is 7.40. The molecule has 0 aliphatic carbocycles. The number of nitrogens with one attached hydrogen (secondary N) is 1. The quantitative estimate of drug-likeness (QED) is 0.899. The average molecular weight is 354 g/mol. The van der Waals surface area contributed by atoms with Gasteiger partial charge in [-0.05, 0) is 56.2 Å². The van der Waals surface area contributed by atoms with E-state index in [-0.39, 0.29) is 0 Å². The van der Waals surface area contributed by atoms with Gasteiger partial charge in [-0.3, -0.25) is 4.72 Å². The summed E-state index contributed by atoms with van der Waals surface area (Å²) in [6, 6.07) is 10.7. The molecule has 0 aromatic heterocycles. The smallest absolute Gasteiger partial charge is 0.262 e. The fourth-order valence-corrected chi connectivity index (χ4v) is 3.88. The summed E-state index contributed by atoms with van der Waals surface area (Å²) < 4.78 is 28.5. The van der Waals surface area contributed by atoms with Crippen molar-refractivity contribution in [1.29, 1.82) is 0 Å². The number of halogens is 1. The van der Waals surface area contributed by atoms with Gasteiger partial charge >= 0.3 is 0 Å². The first-order valence-electron chi connectivity index (χ1n) is 6.16. The Morgan fingerprint density at radius 2 is 1.65 bits per heavy atom. The predicted molar refractivity (Wildman–Crippen MR) is 85.6 cm³/mol. The molecule has 2 aromatic carbocycles. The van der Waals surface area contributed by atoms with Crippen LogP contribution in [0.5, 0.6) is 0 Å². The van der Waals surface area contributed by atoms with E-state index in [1.807, 2.05) is 32.0 Å². The van der Waals surface area contributed by atoms with Crippen molar-refractivity contribution in [2.45, 2.75) is 25.7 Å². The molecular weight excluding hydrogens is 338 g/mol. The van der Waals surface area contributed by atoms with Gasteiger partial charge in [0.2, 0.25) is 0 Å². The van der Waals surface area contributed by atoms with Crippen LogP contribution in [0.25, 0.3) is 0 Å². The predicted octanol–water partition coefficient (Wildman–Crippen LogP) is 4.18. The van der Waals surface area contributed by atoms with Crippen LogP contribution in [-0.4, -0.2) is 8.42 Å². The topological polar surface area (TPSA) is 46.2 Å². The molecule has 0 saturated heterocycles. The summed E-state index contributed by atoms with van der Waals surface area (Å²) in [5.74, 6) is 0. The Bertz CT molecular complexity index is 754. The Morgan fingerprint density at radius 1 is 0.950 bits per heavy atom. The third kappa shape index (κ3) is 3.22. The maximum Gasteiger partial charge on any atom is 0.262 e. The molecular formula is C15H16BrNO2S. The zero-order valence-corrected chi connectivity index (χ0v) is 14.0. The molecule has 0 spiro atoms. The minimum Gasteiger partial charge on any atom is -0.279 e. The van der Waals surface area contributed by atoms with E-state index in [9.17, 15) is 8.42 Å². The number of benzene rings is 2. The summed E-state index contributed by atoms with van der Waals surface area (Å²) in [6.07, 6.45) is 0. The average Bonchev–Trinajstić information content (AvgIpc) is 2.32.